The molecule has 2 heterocycles. The van der Waals surface area contributed by atoms with Crippen molar-refractivity contribution in [1.82, 2.24) is 4.72 Å². The van der Waals surface area contributed by atoms with Crippen LogP contribution in [0, 0.1) is 0 Å². The third-order valence-electron chi connectivity index (χ3n) is 9.96. The monoisotopic (exact) mass is 861 g/mol. The molecule has 2 saturated heterocycles. The Kier molecular flexibility index (Phi) is 25.5. The Morgan fingerprint density at radius 1 is 0.930 bits per heavy atom. The highest BCUT2D eigenvalue weighted by molar-refractivity contribution is 7.83. The van der Waals surface area contributed by atoms with Crippen LogP contribution in [0.4, 0.5) is 0 Å². The number of hydrogen-bond acceptors (Lipinski definition) is 14. The zero-order chi connectivity index (χ0) is 42.2. The Balaban J connectivity index is 1.47. The van der Waals surface area contributed by atoms with Gasteiger partial charge in [-0.3, -0.25) is 4.55 Å². The largest absolute Gasteiger partial charge is 0.606 e. The maximum absolute atomic E-state index is 12.0. The highest BCUT2D eigenvalue weighted by Crippen LogP contribution is 2.47. The number of phosphoric ester groups is 1. The Hall–Kier alpha value is -0.930. The number of carbonyl (C=O) groups excluding carboxylic acids is 1. The summed E-state index contributed by atoms with van der Waals surface area (Å²) in [7, 11) is -2.94. The van der Waals surface area contributed by atoms with E-state index >= 15 is 0 Å². The lowest BCUT2D eigenvalue weighted by atomic mass is 9.94. The van der Waals surface area contributed by atoms with E-state index in [0.29, 0.717) is 36.9 Å². The Labute approximate surface area is 341 Å². The number of hydrogen-bond donors (Lipinski definition) is 6. The standard InChI is InChI=1S/C38H73N2O15PS/c1-40(2,3)25-27-52-56(45,46)53-31-33(42)30-51-36(44)21-17-13-11-12-16-20-35-37-34(43)22-24-38(54-35,55-37)23-18-14-9-7-5-4-6-8-10-15-19-26-50-29-32(28-41)39-57(47,48)49/h17,21,32-35,37,39,41-43H,4-16,18-20,22-31H2,1-3H3,(H-,45,46,47,48,49)/p+1/b21-17+/t32?,33-,34-,35-,37-,38+/m1/s1. The average Bonchev–Trinajstić information content (AvgIpc) is 3.44. The molecular formula is C38H74N2O15PS+. The van der Waals surface area contributed by atoms with Gasteiger partial charge in [-0.25, -0.2) is 4.79 Å². The van der Waals surface area contributed by atoms with Gasteiger partial charge in [0.25, 0.3) is 0 Å². The summed E-state index contributed by atoms with van der Waals surface area (Å²) in [6.07, 6.45) is 19.6. The van der Waals surface area contributed by atoms with E-state index in [9.17, 15) is 33.2 Å². The molecule has 0 amide bonds. The smallest absolute Gasteiger partial charge is 0.377 e. The number of nitrogens with zero attached hydrogens (tertiary/aromatic N) is 1. The first-order valence-corrected chi connectivity index (χ1v) is 23.8. The van der Waals surface area contributed by atoms with Gasteiger partial charge in [-0.2, -0.15) is 27.1 Å². The molecule has 6 N–H and O–H groups in total. The predicted molar refractivity (Wildman–Crippen MR) is 213 cm³/mol. The molecule has 0 radical (unpaired) electrons. The number of unbranched alkanes of at least 4 members (excludes halogenated alkanes) is 13. The lowest BCUT2D eigenvalue weighted by Crippen LogP contribution is -2.41. The van der Waals surface area contributed by atoms with Crippen LogP contribution in [0.15, 0.2) is 12.2 Å². The van der Waals surface area contributed by atoms with E-state index in [2.05, 4.69) is 0 Å². The molecule has 7 atom stereocenters. The summed E-state index contributed by atoms with van der Waals surface area (Å²) in [4.78, 5) is 33.7. The minimum atomic E-state index is -4.36. The highest BCUT2D eigenvalue weighted by atomic mass is 32.2. The van der Waals surface area contributed by atoms with Crippen LogP contribution in [-0.4, -0.2) is 147 Å². The molecule has 2 fully saturated rings. The van der Waals surface area contributed by atoms with Gasteiger partial charge in [-0.15, -0.1) is 0 Å². The molecule has 57 heavy (non-hydrogen) atoms. The molecule has 2 rings (SSSR count). The van der Waals surface area contributed by atoms with Crippen molar-refractivity contribution in [3.8, 4) is 0 Å². The van der Waals surface area contributed by atoms with E-state index in [1.165, 1.54) is 44.6 Å². The topological polar surface area (TPSA) is 243 Å². The molecule has 0 aliphatic carbocycles. The number of likely N-dealkylation sites (N-methyl/N-ethyl adjacent to an activating group) is 1. The second-order valence-electron chi connectivity index (χ2n) is 16.4. The minimum Gasteiger partial charge on any atom is -0.606 e. The SMILES string of the molecule is C[N+](C)(C)CCO[P+]([O-])(O)OC[C@H](O)COC(=O)/C=C/CCCCC[C@H]1O[C@]2(CCCCCCCCCCCCCOCC(CO)NS(=O)(=O)O)CC[C@@H](O)[C@H]1O2. The van der Waals surface area contributed by atoms with Gasteiger partial charge in [0.2, 0.25) is 0 Å². The van der Waals surface area contributed by atoms with Crippen LogP contribution >= 0.6 is 8.17 Å². The number of esters is 1. The zero-order valence-electron chi connectivity index (χ0n) is 34.5. The molecular weight excluding hydrogens is 787 g/mol. The second kappa shape index (κ2) is 27.8. The first-order chi connectivity index (χ1) is 26.9. The number of aliphatic hydroxyl groups is 3. The fourth-order valence-electron chi connectivity index (χ4n) is 6.77. The van der Waals surface area contributed by atoms with Crippen LogP contribution in [0.2, 0.25) is 0 Å². The molecule has 19 heteroatoms. The number of ether oxygens (including phenoxy) is 4. The molecule has 2 aliphatic rings. The van der Waals surface area contributed by atoms with Gasteiger partial charge in [0.15, 0.2) is 5.79 Å². The van der Waals surface area contributed by atoms with Crippen LogP contribution in [0.5, 0.6) is 0 Å². The number of fused-ring (bicyclic) bond motifs is 2. The summed E-state index contributed by atoms with van der Waals surface area (Å²) in [5.74, 6) is -1.21. The zero-order valence-corrected chi connectivity index (χ0v) is 36.3. The number of aliphatic hydroxyl groups excluding tert-OH is 3. The summed E-state index contributed by atoms with van der Waals surface area (Å²) in [5.41, 5.74) is 0. The number of nitrogens with one attached hydrogen (secondary N) is 1. The Bertz CT molecular complexity index is 1230. The quantitative estimate of drug-likeness (QED) is 0.0134. The van der Waals surface area contributed by atoms with Crippen LogP contribution in [0.25, 0.3) is 0 Å². The Morgan fingerprint density at radius 3 is 2.19 bits per heavy atom. The fraction of sp³-hybridized carbons (Fsp3) is 0.921. The Morgan fingerprint density at radius 2 is 1.56 bits per heavy atom. The molecule has 2 bridgehead atoms. The van der Waals surface area contributed by atoms with Crippen molar-refractivity contribution in [2.24, 2.45) is 0 Å². The summed E-state index contributed by atoms with van der Waals surface area (Å²) in [6.45, 7) is -0.348. The van der Waals surface area contributed by atoms with E-state index in [1.807, 2.05) is 25.9 Å². The summed E-state index contributed by atoms with van der Waals surface area (Å²) < 4.78 is 65.8. The van der Waals surface area contributed by atoms with Crippen molar-refractivity contribution in [3.05, 3.63) is 12.2 Å². The normalized spacial score (nSPS) is 23.5. The first-order valence-electron chi connectivity index (χ1n) is 20.8. The summed E-state index contributed by atoms with van der Waals surface area (Å²) in [6, 6.07) is -0.850. The molecule has 2 aliphatic heterocycles. The lowest BCUT2D eigenvalue weighted by molar-refractivity contribution is -0.870. The summed E-state index contributed by atoms with van der Waals surface area (Å²) >= 11 is 0. The van der Waals surface area contributed by atoms with Gasteiger partial charge in [0.1, 0.15) is 38.6 Å². The van der Waals surface area contributed by atoms with Crippen LogP contribution in [0.1, 0.15) is 122 Å². The number of allylic oxidation sites excluding steroid dienone is 1. The van der Waals surface area contributed by atoms with Gasteiger partial charge in [-0.1, -0.05) is 76.7 Å². The van der Waals surface area contributed by atoms with E-state index in [-0.39, 0.29) is 32.0 Å². The van der Waals surface area contributed by atoms with Crippen molar-refractivity contribution in [2.75, 3.05) is 67.3 Å². The maximum atomic E-state index is 12.0. The lowest BCUT2D eigenvalue weighted by Gasteiger charge is -2.33. The number of rotatable bonds is 35. The number of carbonyl (C=O) groups is 1. The second-order valence-corrected chi connectivity index (χ2v) is 19.0. The van der Waals surface area contributed by atoms with Crippen LogP contribution in [-0.2, 0) is 43.1 Å². The average molecular weight is 862 g/mol. The first kappa shape index (κ1) is 52.2. The molecule has 0 aromatic heterocycles. The molecule has 2 unspecified atom stereocenters. The van der Waals surface area contributed by atoms with Crippen LogP contribution < -0.4 is 9.62 Å². The predicted octanol–water partition coefficient (Wildman–Crippen LogP) is 3.25. The van der Waals surface area contributed by atoms with Gasteiger partial charge >= 0.3 is 24.4 Å². The molecule has 0 aromatic rings. The molecule has 0 spiro atoms. The van der Waals surface area contributed by atoms with Gasteiger partial charge in [0.05, 0.1) is 52.6 Å². The van der Waals surface area contributed by atoms with Crippen molar-refractivity contribution >= 4 is 24.4 Å². The van der Waals surface area contributed by atoms with Gasteiger partial charge in [0, 0.05) is 25.5 Å². The molecule has 0 saturated carbocycles. The van der Waals surface area contributed by atoms with Crippen molar-refractivity contribution < 1.29 is 75.3 Å². The number of quaternary nitrogens is 1. The van der Waals surface area contributed by atoms with Gasteiger partial charge in [-0.05, 0) is 38.5 Å². The van der Waals surface area contributed by atoms with E-state index in [0.717, 1.165) is 64.2 Å². The van der Waals surface area contributed by atoms with E-state index < -0.39 is 61.7 Å². The van der Waals surface area contributed by atoms with E-state index in [4.69, 9.17) is 37.7 Å². The number of phosphoric acid groups is 1. The van der Waals surface area contributed by atoms with Gasteiger partial charge < -0.3 is 43.6 Å². The van der Waals surface area contributed by atoms with E-state index in [1.54, 1.807) is 6.08 Å². The third-order valence-corrected chi connectivity index (χ3v) is 11.6. The fourth-order valence-corrected chi connectivity index (χ4v) is 8.08. The van der Waals surface area contributed by atoms with Crippen molar-refractivity contribution in [1.29, 1.82) is 0 Å². The molecule has 17 nitrogen and oxygen atoms in total. The van der Waals surface area contributed by atoms with Crippen LogP contribution in [0.3, 0.4) is 0 Å². The van der Waals surface area contributed by atoms with Crippen molar-refractivity contribution in [2.45, 2.75) is 158 Å². The highest BCUT2D eigenvalue weighted by Gasteiger charge is 2.52. The minimum absolute atomic E-state index is 0.0120. The maximum Gasteiger partial charge on any atom is 0.377 e. The molecule has 336 valence electrons. The van der Waals surface area contributed by atoms with Crippen molar-refractivity contribution in [3.63, 3.8) is 0 Å². The third kappa shape index (κ3) is 25.4. The summed E-state index contributed by atoms with van der Waals surface area (Å²) in [5, 5.41) is 29.7. The molecule has 0 aromatic carbocycles.